The van der Waals surface area contributed by atoms with Crippen molar-refractivity contribution >= 4 is 23.7 Å². The second kappa shape index (κ2) is 14.1. The highest BCUT2D eigenvalue weighted by atomic mass is 19.1. The third kappa shape index (κ3) is 8.25. The number of benzene rings is 2. The molecule has 226 valence electrons. The summed E-state index contributed by atoms with van der Waals surface area (Å²) in [6, 6.07) is 9.97. The van der Waals surface area contributed by atoms with Crippen molar-refractivity contribution < 1.29 is 27.9 Å². The summed E-state index contributed by atoms with van der Waals surface area (Å²) < 4.78 is 33.8. The molecule has 0 saturated carbocycles. The summed E-state index contributed by atoms with van der Waals surface area (Å²) in [5.41, 5.74) is 1.21. The highest BCUT2D eigenvalue weighted by Crippen LogP contribution is 2.29. The lowest BCUT2D eigenvalue weighted by atomic mass is 10.1. The van der Waals surface area contributed by atoms with Crippen LogP contribution in [0, 0.1) is 11.6 Å². The van der Waals surface area contributed by atoms with Crippen LogP contribution in [0.25, 0.3) is 0 Å². The summed E-state index contributed by atoms with van der Waals surface area (Å²) in [7, 11) is 0. The van der Waals surface area contributed by atoms with Crippen LogP contribution in [0.3, 0.4) is 0 Å². The van der Waals surface area contributed by atoms with E-state index in [0.29, 0.717) is 23.4 Å². The van der Waals surface area contributed by atoms with Gasteiger partial charge in [0, 0.05) is 55.4 Å². The Balaban J connectivity index is 1.14. The Morgan fingerprint density at radius 3 is 2.51 bits per heavy atom. The van der Waals surface area contributed by atoms with Crippen molar-refractivity contribution in [1.29, 1.82) is 0 Å². The van der Waals surface area contributed by atoms with E-state index in [4.69, 9.17) is 4.74 Å². The Morgan fingerprint density at radius 2 is 1.74 bits per heavy atom. The predicted octanol–water partition coefficient (Wildman–Crippen LogP) is 4.81. The van der Waals surface area contributed by atoms with Gasteiger partial charge in [0.1, 0.15) is 11.6 Å². The van der Waals surface area contributed by atoms with Crippen molar-refractivity contribution in [3.63, 3.8) is 0 Å². The Morgan fingerprint density at radius 1 is 0.953 bits per heavy atom. The zero-order valence-electron chi connectivity index (χ0n) is 23.7. The molecule has 12 heteroatoms. The van der Waals surface area contributed by atoms with Crippen LogP contribution in [-0.4, -0.2) is 65.0 Å². The first kappa shape index (κ1) is 29.9. The molecule has 0 spiro atoms. The number of anilines is 1. The fourth-order valence-corrected chi connectivity index (χ4v) is 5.38. The van der Waals surface area contributed by atoms with Crippen LogP contribution in [0.2, 0.25) is 0 Å². The second-order valence-electron chi connectivity index (χ2n) is 10.7. The van der Waals surface area contributed by atoms with Crippen molar-refractivity contribution in [2.45, 2.75) is 44.7 Å². The minimum Gasteiger partial charge on any atom is -0.454 e. The lowest BCUT2D eigenvalue weighted by Crippen LogP contribution is -2.46. The van der Waals surface area contributed by atoms with Crippen LogP contribution in [0.1, 0.15) is 36.8 Å². The number of urea groups is 2. The molecule has 0 bridgehead atoms. The average molecular weight is 593 g/mol. The SMILES string of the molecule is O=C(Cc1ccc(F)cc1)NC(=O)Nc1ccc(Oc2ccncc2CNC(=O)N2CCC[C@H]2CN2CCCC2)c(F)c1. The standard InChI is InChI=1S/C31H34F2N6O4/c32-23-7-5-21(6-8-23)16-29(40)37-30(41)36-24-9-10-28(26(33)17-24)43-27-11-12-34-18-22(27)19-35-31(42)39-15-3-4-25(39)20-38-13-1-2-14-38/h5-12,17-18,25H,1-4,13-16,19-20H2,(H,35,42)(H2,36,37,40,41)/t25-/m0/s1. The van der Waals surface area contributed by atoms with Crippen LogP contribution in [0.4, 0.5) is 24.1 Å². The van der Waals surface area contributed by atoms with Gasteiger partial charge in [-0.1, -0.05) is 12.1 Å². The molecule has 2 aliphatic heterocycles. The van der Waals surface area contributed by atoms with E-state index in [-0.39, 0.29) is 36.5 Å². The van der Waals surface area contributed by atoms with Gasteiger partial charge in [-0.05, 0) is 74.7 Å². The van der Waals surface area contributed by atoms with Crippen LogP contribution in [0.15, 0.2) is 60.9 Å². The number of ether oxygens (including phenoxy) is 1. The van der Waals surface area contributed by atoms with Crippen molar-refractivity contribution in [3.05, 3.63) is 83.7 Å². The third-order valence-electron chi connectivity index (χ3n) is 7.54. The minimum atomic E-state index is -0.840. The lowest BCUT2D eigenvalue weighted by molar-refractivity contribution is -0.119. The number of hydrogen-bond donors (Lipinski definition) is 3. The molecule has 2 saturated heterocycles. The average Bonchev–Trinajstić information content (AvgIpc) is 3.68. The van der Waals surface area contributed by atoms with Crippen molar-refractivity contribution in [2.75, 3.05) is 31.5 Å². The molecule has 1 aromatic heterocycles. The molecule has 10 nitrogen and oxygen atoms in total. The molecule has 0 unspecified atom stereocenters. The number of carbonyl (C=O) groups excluding carboxylic acids is 3. The van der Waals surface area contributed by atoms with Gasteiger partial charge in [-0.3, -0.25) is 15.1 Å². The van der Waals surface area contributed by atoms with Gasteiger partial charge in [0.2, 0.25) is 5.91 Å². The largest absolute Gasteiger partial charge is 0.454 e. The maximum absolute atomic E-state index is 14.9. The van der Waals surface area contributed by atoms with E-state index in [2.05, 4.69) is 25.8 Å². The molecule has 0 aliphatic carbocycles. The fraction of sp³-hybridized carbons (Fsp3) is 0.355. The van der Waals surface area contributed by atoms with E-state index in [0.717, 1.165) is 38.5 Å². The number of carbonyl (C=O) groups is 3. The summed E-state index contributed by atoms with van der Waals surface area (Å²) in [6.45, 7) is 3.94. The first-order valence-electron chi connectivity index (χ1n) is 14.4. The van der Waals surface area contributed by atoms with Crippen molar-refractivity contribution in [3.8, 4) is 11.5 Å². The molecule has 1 atom stereocenters. The highest BCUT2D eigenvalue weighted by Gasteiger charge is 2.30. The molecule has 5 amide bonds. The van der Waals surface area contributed by atoms with E-state index in [1.165, 1.54) is 55.4 Å². The maximum atomic E-state index is 14.9. The predicted molar refractivity (Wildman–Crippen MR) is 156 cm³/mol. The molecule has 3 aromatic rings. The highest BCUT2D eigenvalue weighted by molar-refractivity contribution is 6.01. The number of aromatic nitrogens is 1. The Labute approximate surface area is 248 Å². The van der Waals surface area contributed by atoms with Gasteiger partial charge >= 0.3 is 12.1 Å². The second-order valence-corrected chi connectivity index (χ2v) is 10.7. The van der Waals surface area contributed by atoms with Crippen LogP contribution in [-0.2, 0) is 17.8 Å². The molecule has 2 fully saturated rings. The fourth-order valence-electron chi connectivity index (χ4n) is 5.38. The molecule has 43 heavy (non-hydrogen) atoms. The van der Waals surface area contributed by atoms with Crippen LogP contribution in [0.5, 0.6) is 11.5 Å². The number of imide groups is 1. The smallest absolute Gasteiger partial charge is 0.325 e. The Kier molecular flexibility index (Phi) is 9.77. The van der Waals surface area contributed by atoms with E-state index in [1.54, 1.807) is 12.3 Å². The lowest BCUT2D eigenvalue weighted by Gasteiger charge is -2.28. The minimum absolute atomic E-state index is 0.0951. The number of halogens is 2. The summed E-state index contributed by atoms with van der Waals surface area (Å²) in [4.78, 5) is 45.8. The number of amides is 5. The van der Waals surface area contributed by atoms with E-state index >= 15 is 0 Å². The Hall–Kier alpha value is -4.58. The van der Waals surface area contributed by atoms with Crippen LogP contribution < -0.4 is 20.7 Å². The zero-order valence-corrected chi connectivity index (χ0v) is 23.7. The van der Waals surface area contributed by atoms with Crippen molar-refractivity contribution in [1.82, 2.24) is 25.4 Å². The monoisotopic (exact) mass is 592 g/mol. The molecule has 3 N–H and O–H groups in total. The summed E-state index contributed by atoms with van der Waals surface area (Å²) in [5.74, 6) is -1.55. The van der Waals surface area contributed by atoms with Gasteiger partial charge < -0.3 is 25.2 Å². The van der Waals surface area contributed by atoms with Gasteiger partial charge in [-0.15, -0.1) is 0 Å². The summed E-state index contributed by atoms with van der Waals surface area (Å²) in [5, 5.41) is 7.51. The number of rotatable bonds is 9. The van der Waals surface area contributed by atoms with Gasteiger partial charge in [0.05, 0.1) is 6.42 Å². The van der Waals surface area contributed by atoms with Gasteiger partial charge in [-0.2, -0.15) is 0 Å². The third-order valence-corrected chi connectivity index (χ3v) is 7.54. The Bertz CT molecular complexity index is 1450. The van der Waals surface area contributed by atoms with E-state index < -0.39 is 23.6 Å². The molecule has 3 heterocycles. The van der Waals surface area contributed by atoms with Crippen LogP contribution >= 0.6 is 0 Å². The van der Waals surface area contributed by atoms with E-state index in [1.807, 2.05) is 4.90 Å². The first-order valence-corrected chi connectivity index (χ1v) is 14.4. The molecular formula is C31H34F2N6O4. The molecule has 2 aliphatic rings. The number of pyridine rings is 1. The summed E-state index contributed by atoms with van der Waals surface area (Å²) >= 11 is 0. The quantitative estimate of drug-likeness (QED) is 0.329. The van der Waals surface area contributed by atoms with Crippen molar-refractivity contribution in [2.24, 2.45) is 0 Å². The summed E-state index contributed by atoms with van der Waals surface area (Å²) in [6.07, 6.45) is 7.32. The van der Waals surface area contributed by atoms with Gasteiger partial charge in [0.25, 0.3) is 0 Å². The molecular weight excluding hydrogens is 558 g/mol. The molecule has 5 rings (SSSR count). The molecule has 0 radical (unpaired) electrons. The normalized spacial score (nSPS) is 16.6. The number of nitrogens with one attached hydrogen (secondary N) is 3. The van der Waals surface area contributed by atoms with E-state index in [9.17, 15) is 23.2 Å². The first-order chi connectivity index (χ1) is 20.8. The molecule has 2 aromatic carbocycles. The maximum Gasteiger partial charge on any atom is 0.325 e. The number of hydrogen-bond acceptors (Lipinski definition) is 6. The topological polar surface area (TPSA) is 116 Å². The zero-order chi connectivity index (χ0) is 30.2. The number of likely N-dealkylation sites (tertiary alicyclic amines) is 2. The number of nitrogens with zero attached hydrogens (tertiary/aromatic N) is 3. The van der Waals surface area contributed by atoms with Gasteiger partial charge in [0.15, 0.2) is 11.6 Å². The van der Waals surface area contributed by atoms with Gasteiger partial charge in [-0.25, -0.2) is 18.4 Å².